The van der Waals surface area contributed by atoms with Crippen molar-refractivity contribution in [1.82, 2.24) is 0 Å². The van der Waals surface area contributed by atoms with E-state index >= 15 is 0 Å². The van der Waals surface area contributed by atoms with Gasteiger partial charge < -0.3 is 10.6 Å². The normalized spacial score (nSPS) is 10.2. The lowest BCUT2D eigenvalue weighted by atomic mass is 10.1. The van der Waals surface area contributed by atoms with Crippen LogP contribution < -0.4 is 10.6 Å². The molecule has 2 N–H and O–H groups in total. The summed E-state index contributed by atoms with van der Waals surface area (Å²) in [7, 11) is 0. The SMILES string of the molecule is Cc1cc(C(=O)Nc2ccc(NC(=O)Cc3ccccc3)cc2)ccc1[N+](=O)[O-]. The number of anilines is 2. The summed E-state index contributed by atoms with van der Waals surface area (Å²) < 4.78 is 0. The first-order chi connectivity index (χ1) is 13.9. The fourth-order valence-electron chi connectivity index (χ4n) is 2.83. The van der Waals surface area contributed by atoms with Crippen LogP contribution in [0.2, 0.25) is 0 Å². The van der Waals surface area contributed by atoms with Gasteiger partial charge in [0.1, 0.15) is 0 Å². The van der Waals surface area contributed by atoms with Crippen molar-refractivity contribution in [2.75, 3.05) is 10.6 Å². The maximum Gasteiger partial charge on any atom is 0.272 e. The summed E-state index contributed by atoms with van der Waals surface area (Å²) in [5.41, 5.74) is 2.80. The molecule has 0 aromatic heterocycles. The van der Waals surface area contributed by atoms with Crippen LogP contribution in [0.1, 0.15) is 21.5 Å². The molecule has 0 aliphatic carbocycles. The van der Waals surface area contributed by atoms with E-state index in [1.165, 1.54) is 18.2 Å². The standard InChI is InChI=1S/C22H19N3O4/c1-15-13-17(7-12-20(15)25(28)29)22(27)24-19-10-8-18(9-11-19)23-21(26)14-16-5-3-2-4-6-16/h2-13H,14H2,1H3,(H,23,26)(H,24,27). The topological polar surface area (TPSA) is 101 Å². The number of benzene rings is 3. The van der Waals surface area contributed by atoms with Gasteiger partial charge in [-0.05, 0) is 48.9 Å². The van der Waals surface area contributed by atoms with Gasteiger partial charge in [0.2, 0.25) is 5.91 Å². The number of nitro benzene ring substituents is 1. The van der Waals surface area contributed by atoms with Crippen LogP contribution in [0.3, 0.4) is 0 Å². The summed E-state index contributed by atoms with van der Waals surface area (Å²) in [5, 5.41) is 16.4. The van der Waals surface area contributed by atoms with Gasteiger partial charge in [-0.25, -0.2) is 0 Å². The Morgan fingerprint density at radius 1 is 0.897 bits per heavy atom. The minimum atomic E-state index is -0.484. The molecule has 2 amide bonds. The minimum absolute atomic E-state index is 0.0304. The first kappa shape index (κ1) is 19.8. The third-order valence-corrected chi connectivity index (χ3v) is 4.29. The zero-order valence-corrected chi connectivity index (χ0v) is 15.7. The van der Waals surface area contributed by atoms with Gasteiger partial charge in [0, 0.05) is 28.6 Å². The number of nitrogens with one attached hydrogen (secondary N) is 2. The molecule has 0 aliphatic rings. The zero-order chi connectivity index (χ0) is 20.8. The molecule has 0 fully saturated rings. The lowest BCUT2D eigenvalue weighted by Crippen LogP contribution is -2.15. The van der Waals surface area contributed by atoms with E-state index in [1.54, 1.807) is 31.2 Å². The highest BCUT2D eigenvalue weighted by molar-refractivity contribution is 6.04. The number of nitrogens with zero attached hydrogens (tertiary/aromatic N) is 1. The molecule has 0 radical (unpaired) electrons. The summed E-state index contributed by atoms with van der Waals surface area (Å²) in [6, 6.07) is 20.4. The molecule has 0 spiro atoms. The fourth-order valence-corrected chi connectivity index (χ4v) is 2.83. The second-order valence-corrected chi connectivity index (χ2v) is 6.50. The summed E-state index contributed by atoms with van der Waals surface area (Å²) in [6.07, 6.45) is 0.277. The number of nitro groups is 1. The minimum Gasteiger partial charge on any atom is -0.326 e. The number of aryl methyl sites for hydroxylation is 1. The van der Waals surface area contributed by atoms with Gasteiger partial charge in [0.05, 0.1) is 11.3 Å². The Balaban J connectivity index is 1.60. The molecular weight excluding hydrogens is 370 g/mol. The van der Waals surface area contributed by atoms with Crippen LogP contribution in [0.15, 0.2) is 72.8 Å². The number of hydrogen-bond donors (Lipinski definition) is 2. The Hall–Kier alpha value is -4.00. The second kappa shape index (κ2) is 8.79. The predicted molar refractivity (Wildman–Crippen MR) is 111 cm³/mol. The van der Waals surface area contributed by atoms with Gasteiger partial charge in [-0.3, -0.25) is 19.7 Å². The van der Waals surface area contributed by atoms with Crippen molar-refractivity contribution < 1.29 is 14.5 Å². The van der Waals surface area contributed by atoms with Crippen molar-refractivity contribution in [3.05, 3.63) is 99.6 Å². The molecule has 0 aliphatic heterocycles. The number of carbonyl (C=O) groups is 2. The van der Waals surface area contributed by atoms with Gasteiger partial charge in [-0.1, -0.05) is 30.3 Å². The molecule has 0 atom stereocenters. The number of rotatable bonds is 6. The average molecular weight is 389 g/mol. The Kier molecular flexibility index (Phi) is 5.99. The van der Waals surface area contributed by atoms with Crippen molar-refractivity contribution in [1.29, 1.82) is 0 Å². The third kappa shape index (κ3) is 5.26. The van der Waals surface area contributed by atoms with Crippen molar-refractivity contribution in [2.45, 2.75) is 13.3 Å². The van der Waals surface area contributed by atoms with Crippen LogP contribution in [0.4, 0.5) is 17.1 Å². The van der Waals surface area contributed by atoms with E-state index in [-0.39, 0.29) is 23.9 Å². The maximum atomic E-state index is 12.4. The summed E-state index contributed by atoms with van der Waals surface area (Å²) in [6.45, 7) is 1.59. The van der Waals surface area contributed by atoms with E-state index in [0.717, 1.165) is 5.56 Å². The van der Waals surface area contributed by atoms with Crippen LogP contribution in [-0.2, 0) is 11.2 Å². The molecule has 0 bridgehead atoms. The van der Waals surface area contributed by atoms with Crippen molar-refractivity contribution in [3.63, 3.8) is 0 Å². The van der Waals surface area contributed by atoms with Crippen LogP contribution in [0.5, 0.6) is 0 Å². The fraction of sp³-hybridized carbons (Fsp3) is 0.0909. The van der Waals surface area contributed by atoms with Crippen LogP contribution in [0.25, 0.3) is 0 Å². The van der Waals surface area contributed by atoms with E-state index < -0.39 is 4.92 Å². The van der Waals surface area contributed by atoms with Crippen LogP contribution in [-0.4, -0.2) is 16.7 Å². The lowest BCUT2D eigenvalue weighted by Gasteiger charge is -2.09. The smallest absolute Gasteiger partial charge is 0.272 e. The van der Waals surface area contributed by atoms with E-state index in [1.807, 2.05) is 30.3 Å². The van der Waals surface area contributed by atoms with E-state index in [2.05, 4.69) is 10.6 Å². The molecule has 146 valence electrons. The van der Waals surface area contributed by atoms with Crippen LogP contribution >= 0.6 is 0 Å². The number of carbonyl (C=O) groups excluding carboxylic acids is 2. The highest BCUT2D eigenvalue weighted by Gasteiger charge is 2.14. The number of hydrogen-bond acceptors (Lipinski definition) is 4. The molecule has 0 heterocycles. The van der Waals surface area contributed by atoms with E-state index in [0.29, 0.717) is 22.5 Å². The number of amides is 2. The van der Waals surface area contributed by atoms with Gasteiger partial charge in [0.15, 0.2) is 0 Å². The quantitative estimate of drug-likeness (QED) is 0.484. The first-order valence-corrected chi connectivity index (χ1v) is 8.92. The third-order valence-electron chi connectivity index (χ3n) is 4.29. The molecular formula is C22H19N3O4. The first-order valence-electron chi connectivity index (χ1n) is 8.92. The highest BCUT2D eigenvalue weighted by atomic mass is 16.6. The largest absolute Gasteiger partial charge is 0.326 e. The molecule has 3 rings (SSSR count). The van der Waals surface area contributed by atoms with Gasteiger partial charge in [-0.2, -0.15) is 0 Å². The Morgan fingerprint density at radius 3 is 2.10 bits per heavy atom. The van der Waals surface area contributed by atoms with E-state index in [4.69, 9.17) is 0 Å². The van der Waals surface area contributed by atoms with Crippen molar-refractivity contribution >= 4 is 28.9 Å². The van der Waals surface area contributed by atoms with Gasteiger partial charge >= 0.3 is 0 Å². The van der Waals surface area contributed by atoms with Gasteiger partial charge in [-0.15, -0.1) is 0 Å². The van der Waals surface area contributed by atoms with Crippen LogP contribution in [0, 0.1) is 17.0 Å². The molecule has 0 unspecified atom stereocenters. The molecule has 3 aromatic carbocycles. The molecule has 0 saturated heterocycles. The molecule has 7 heteroatoms. The Labute approximate surface area is 167 Å². The summed E-state index contributed by atoms with van der Waals surface area (Å²) in [4.78, 5) is 34.9. The highest BCUT2D eigenvalue weighted by Crippen LogP contribution is 2.20. The van der Waals surface area contributed by atoms with Crippen molar-refractivity contribution in [3.8, 4) is 0 Å². The maximum absolute atomic E-state index is 12.4. The molecule has 3 aromatic rings. The lowest BCUT2D eigenvalue weighted by molar-refractivity contribution is -0.385. The zero-order valence-electron chi connectivity index (χ0n) is 15.7. The molecule has 7 nitrogen and oxygen atoms in total. The van der Waals surface area contributed by atoms with Gasteiger partial charge in [0.25, 0.3) is 11.6 Å². The Bertz CT molecular complexity index is 1050. The van der Waals surface area contributed by atoms with Crippen molar-refractivity contribution in [2.24, 2.45) is 0 Å². The van der Waals surface area contributed by atoms with E-state index in [9.17, 15) is 19.7 Å². The predicted octanol–water partition coefficient (Wildman–Crippen LogP) is 4.34. The summed E-state index contributed by atoms with van der Waals surface area (Å²) >= 11 is 0. The Morgan fingerprint density at radius 2 is 1.52 bits per heavy atom. The molecule has 29 heavy (non-hydrogen) atoms. The average Bonchev–Trinajstić information content (AvgIpc) is 2.69. The monoisotopic (exact) mass is 389 g/mol. The summed E-state index contributed by atoms with van der Waals surface area (Å²) in [5.74, 6) is -0.502. The second-order valence-electron chi connectivity index (χ2n) is 6.50. The molecule has 0 saturated carbocycles.